The van der Waals surface area contributed by atoms with E-state index in [2.05, 4.69) is 5.32 Å². The third kappa shape index (κ3) is 4.96. The van der Waals surface area contributed by atoms with Crippen LogP contribution in [-0.2, 0) is 19.4 Å². The zero-order valence-electron chi connectivity index (χ0n) is 18.4. The minimum atomic E-state index is -4.06. The first-order chi connectivity index (χ1) is 15.7. The van der Waals surface area contributed by atoms with E-state index in [1.54, 1.807) is 38.1 Å². The van der Waals surface area contributed by atoms with Crippen LogP contribution in [0.3, 0.4) is 0 Å². The van der Waals surface area contributed by atoms with Crippen molar-refractivity contribution in [2.75, 3.05) is 18.6 Å². The lowest BCUT2D eigenvalue weighted by Gasteiger charge is -2.32. The molecule has 33 heavy (non-hydrogen) atoms. The summed E-state index contributed by atoms with van der Waals surface area (Å²) in [5.74, 6) is -1.34. The highest BCUT2D eigenvalue weighted by Gasteiger charge is 2.41. The van der Waals surface area contributed by atoms with Gasteiger partial charge in [0.1, 0.15) is 0 Å². The van der Waals surface area contributed by atoms with Crippen LogP contribution in [0, 0.1) is 10.1 Å². The number of ether oxygens (including phenoxy) is 1. The van der Waals surface area contributed by atoms with Crippen molar-refractivity contribution in [2.45, 2.75) is 24.7 Å². The van der Waals surface area contributed by atoms with Gasteiger partial charge in [0.05, 0.1) is 32.8 Å². The number of hydrogen-bond acceptors (Lipinski definition) is 8. The number of allylic oxidation sites excluding steroid dienone is 2. The molecule has 1 N–H and O–H groups in total. The van der Waals surface area contributed by atoms with Gasteiger partial charge in [-0.2, -0.15) is 11.8 Å². The van der Waals surface area contributed by atoms with Gasteiger partial charge in [0.15, 0.2) is 0 Å². The number of rotatable bonds is 8. The summed E-state index contributed by atoms with van der Waals surface area (Å²) in [4.78, 5) is 24.0. The van der Waals surface area contributed by atoms with E-state index < -0.39 is 26.6 Å². The van der Waals surface area contributed by atoms with E-state index in [0.717, 1.165) is 0 Å². The van der Waals surface area contributed by atoms with E-state index in [1.807, 2.05) is 6.26 Å². The Bertz CT molecular complexity index is 1240. The third-order valence-corrected chi connectivity index (χ3v) is 7.72. The molecule has 0 bridgehead atoms. The maximum absolute atomic E-state index is 13.8. The molecule has 8 nitrogen and oxygen atoms in total. The van der Waals surface area contributed by atoms with Crippen molar-refractivity contribution in [3.8, 4) is 0 Å². The Kier molecular flexibility index (Phi) is 7.60. The number of carbonyl (C=O) groups is 1. The van der Waals surface area contributed by atoms with Gasteiger partial charge in [-0.15, -0.1) is 0 Å². The number of nitrogens with one attached hydrogen (secondary N) is 1. The van der Waals surface area contributed by atoms with Crippen molar-refractivity contribution in [3.63, 3.8) is 0 Å². The molecule has 3 rings (SSSR count). The number of benzene rings is 2. The van der Waals surface area contributed by atoms with Gasteiger partial charge < -0.3 is 10.1 Å². The summed E-state index contributed by atoms with van der Waals surface area (Å²) in [6, 6.07) is 13.6. The van der Waals surface area contributed by atoms with Crippen molar-refractivity contribution in [1.82, 2.24) is 5.32 Å². The molecule has 0 saturated heterocycles. The molecule has 0 radical (unpaired) electrons. The van der Waals surface area contributed by atoms with Crippen molar-refractivity contribution in [1.29, 1.82) is 0 Å². The molecule has 1 atom stereocenters. The highest BCUT2D eigenvalue weighted by Crippen LogP contribution is 2.44. The summed E-state index contributed by atoms with van der Waals surface area (Å²) in [5.41, 5.74) is 1.12. The first-order valence-corrected chi connectivity index (χ1v) is 13.0. The zero-order valence-corrected chi connectivity index (χ0v) is 20.0. The molecule has 0 spiro atoms. The molecule has 10 heteroatoms. The molecule has 0 aromatic heterocycles. The molecule has 2 aromatic carbocycles. The number of non-ortho nitro benzene ring substituents is 1. The summed E-state index contributed by atoms with van der Waals surface area (Å²) in [5, 5.41) is 14.5. The average Bonchev–Trinajstić information content (AvgIpc) is 2.79. The SMILES string of the molecule is CCOC(=O)C1=C(CSC)NC(C)=C(S(=O)(=O)c2ccccc2)C1c1cccc([N+](=O)[O-])c1. The fraction of sp³-hybridized carbons (Fsp3) is 0.261. The molecule has 174 valence electrons. The van der Waals surface area contributed by atoms with Crippen LogP contribution in [0.1, 0.15) is 25.3 Å². The standard InChI is InChI=1S/C23H24N2O6S2/c1-4-31-23(26)21-19(14-32-3)24-15(2)22(33(29,30)18-11-6-5-7-12-18)20(21)16-9-8-10-17(13-16)25(27)28/h5-13,20,24H,4,14H2,1-3H3. The van der Waals surface area contributed by atoms with Crippen LogP contribution in [-0.4, -0.2) is 37.9 Å². The van der Waals surface area contributed by atoms with E-state index in [-0.39, 0.29) is 27.7 Å². The van der Waals surface area contributed by atoms with Gasteiger partial charge in [0, 0.05) is 29.3 Å². The molecule has 1 unspecified atom stereocenters. The summed E-state index contributed by atoms with van der Waals surface area (Å²) in [6.07, 6.45) is 1.86. The van der Waals surface area contributed by atoms with Gasteiger partial charge in [-0.3, -0.25) is 10.1 Å². The monoisotopic (exact) mass is 488 g/mol. The Balaban J connectivity index is 2.34. The van der Waals surface area contributed by atoms with Crippen molar-refractivity contribution < 1.29 is 22.9 Å². The first-order valence-electron chi connectivity index (χ1n) is 10.1. The van der Waals surface area contributed by atoms with E-state index in [9.17, 15) is 23.3 Å². The quantitative estimate of drug-likeness (QED) is 0.334. The number of thioether (sulfide) groups is 1. The summed E-state index contributed by atoms with van der Waals surface area (Å²) in [6.45, 7) is 3.39. The predicted octanol–water partition coefficient (Wildman–Crippen LogP) is 4.17. The predicted molar refractivity (Wildman–Crippen MR) is 127 cm³/mol. The van der Waals surface area contributed by atoms with Gasteiger partial charge >= 0.3 is 5.97 Å². The van der Waals surface area contributed by atoms with Gasteiger partial charge in [-0.25, -0.2) is 13.2 Å². The smallest absolute Gasteiger partial charge is 0.336 e. The highest BCUT2D eigenvalue weighted by molar-refractivity contribution is 7.98. The van der Waals surface area contributed by atoms with Crippen molar-refractivity contribution >= 4 is 33.3 Å². The van der Waals surface area contributed by atoms with Gasteiger partial charge in [-0.05, 0) is 37.8 Å². The molecule has 0 saturated carbocycles. The lowest BCUT2D eigenvalue weighted by Crippen LogP contribution is -2.33. The molecule has 1 aliphatic rings. The fourth-order valence-electron chi connectivity index (χ4n) is 3.80. The van der Waals surface area contributed by atoms with E-state index >= 15 is 0 Å². The van der Waals surface area contributed by atoms with E-state index in [4.69, 9.17) is 4.74 Å². The number of dihydropyridines is 1. The van der Waals surface area contributed by atoms with E-state index in [1.165, 1.54) is 42.1 Å². The molecule has 0 amide bonds. The minimum absolute atomic E-state index is 0.0397. The fourth-order valence-corrected chi connectivity index (χ4v) is 6.11. The van der Waals surface area contributed by atoms with Crippen molar-refractivity contribution in [2.24, 2.45) is 0 Å². The normalized spacial score (nSPS) is 16.4. The topological polar surface area (TPSA) is 116 Å². The van der Waals surface area contributed by atoms with Gasteiger partial charge in [0.25, 0.3) is 5.69 Å². The van der Waals surface area contributed by atoms with Crippen LogP contribution in [0.2, 0.25) is 0 Å². The molecule has 1 aliphatic heterocycles. The lowest BCUT2D eigenvalue weighted by molar-refractivity contribution is -0.384. The largest absolute Gasteiger partial charge is 0.463 e. The summed E-state index contributed by atoms with van der Waals surface area (Å²) >= 11 is 1.45. The third-order valence-electron chi connectivity index (χ3n) is 5.13. The maximum atomic E-state index is 13.8. The molecule has 1 heterocycles. The Morgan fingerprint density at radius 2 is 1.88 bits per heavy atom. The first kappa shape index (κ1) is 24.5. The van der Waals surface area contributed by atoms with Crippen LogP contribution < -0.4 is 5.32 Å². The number of nitrogens with zero attached hydrogens (tertiary/aromatic N) is 1. The number of nitro groups is 1. The van der Waals surface area contributed by atoms with Crippen LogP contribution in [0.15, 0.2) is 81.4 Å². The van der Waals surface area contributed by atoms with Crippen LogP contribution >= 0.6 is 11.8 Å². The lowest BCUT2D eigenvalue weighted by atomic mass is 9.86. The second kappa shape index (κ2) is 10.2. The van der Waals surface area contributed by atoms with Gasteiger partial charge in [0.2, 0.25) is 9.84 Å². The molecular weight excluding hydrogens is 464 g/mol. The minimum Gasteiger partial charge on any atom is -0.463 e. The number of carbonyl (C=O) groups excluding carboxylic acids is 1. The zero-order chi connectivity index (χ0) is 24.2. The summed E-state index contributed by atoms with van der Waals surface area (Å²) < 4.78 is 32.9. The Labute approximate surface area is 196 Å². The average molecular weight is 489 g/mol. The highest BCUT2D eigenvalue weighted by atomic mass is 32.2. The Morgan fingerprint density at radius 1 is 1.18 bits per heavy atom. The van der Waals surface area contributed by atoms with E-state index in [0.29, 0.717) is 22.7 Å². The number of sulfone groups is 1. The van der Waals surface area contributed by atoms with Crippen LogP contribution in [0.5, 0.6) is 0 Å². The Morgan fingerprint density at radius 3 is 2.48 bits per heavy atom. The van der Waals surface area contributed by atoms with Gasteiger partial charge in [-0.1, -0.05) is 30.3 Å². The maximum Gasteiger partial charge on any atom is 0.336 e. The van der Waals surface area contributed by atoms with Crippen molar-refractivity contribution in [3.05, 3.63) is 92.1 Å². The second-order valence-electron chi connectivity index (χ2n) is 7.26. The number of esters is 1. The molecule has 2 aromatic rings. The molecular formula is C23H24N2O6S2. The molecule has 0 aliphatic carbocycles. The van der Waals surface area contributed by atoms with Crippen LogP contribution in [0.25, 0.3) is 0 Å². The Hall–Kier alpha value is -3.11. The summed E-state index contributed by atoms with van der Waals surface area (Å²) in [7, 11) is -4.06. The molecule has 0 fully saturated rings. The second-order valence-corrected chi connectivity index (χ2v) is 10.0. The van der Waals surface area contributed by atoms with Crippen LogP contribution in [0.4, 0.5) is 5.69 Å². The number of hydrogen-bond donors (Lipinski definition) is 1. The number of nitro benzene ring substituents is 1.